The van der Waals surface area contributed by atoms with E-state index in [1.54, 1.807) is 12.1 Å². The summed E-state index contributed by atoms with van der Waals surface area (Å²) in [6.45, 7) is 5.09. The second kappa shape index (κ2) is 7.61. The summed E-state index contributed by atoms with van der Waals surface area (Å²) in [5.74, 6) is 0. The van der Waals surface area contributed by atoms with Gasteiger partial charge in [-0.25, -0.2) is 0 Å². The van der Waals surface area contributed by atoms with Gasteiger partial charge in [0.15, 0.2) is 6.29 Å². The van der Waals surface area contributed by atoms with Crippen molar-refractivity contribution in [1.29, 1.82) is 5.26 Å². The fourth-order valence-corrected chi connectivity index (χ4v) is 1.35. The third kappa shape index (κ3) is 4.81. The summed E-state index contributed by atoms with van der Waals surface area (Å²) in [4.78, 5) is 0. The number of benzene rings is 1. The maximum absolute atomic E-state index is 8.68. The van der Waals surface area contributed by atoms with Crippen molar-refractivity contribution in [3.63, 3.8) is 0 Å². The molecule has 0 saturated heterocycles. The quantitative estimate of drug-likeness (QED) is 0.707. The van der Waals surface area contributed by atoms with Crippen LogP contribution in [0.2, 0.25) is 0 Å². The summed E-state index contributed by atoms with van der Waals surface area (Å²) >= 11 is 0. The van der Waals surface area contributed by atoms with Gasteiger partial charge in [-0.15, -0.1) is 0 Å². The van der Waals surface area contributed by atoms with Gasteiger partial charge in [0.25, 0.3) is 0 Å². The Balaban J connectivity index is 2.63. The first-order valence-electron chi connectivity index (χ1n) is 5.71. The zero-order chi connectivity index (χ0) is 12.5. The molecule has 0 spiro atoms. The molecule has 0 aromatic heterocycles. The standard InChI is InChI=1S/C14H17NO2/c1-3-16-14(17-4-2)10-9-12-5-7-13(11-15)8-6-12/h5-10,14H,3-4H2,1-2H3. The van der Waals surface area contributed by atoms with Crippen molar-refractivity contribution in [2.45, 2.75) is 20.1 Å². The van der Waals surface area contributed by atoms with E-state index in [1.807, 2.05) is 38.1 Å². The topological polar surface area (TPSA) is 42.2 Å². The fraction of sp³-hybridized carbons (Fsp3) is 0.357. The van der Waals surface area contributed by atoms with Gasteiger partial charge in [0, 0.05) is 13.2 Å². The molecule has 0 aliphatic rings. The van der Waals surface area contributed by atoms with Gasteiger partial charge in [-0.3, -0.25) is 0 Å². The fourth-order valence-electron chi connectivity index (χ4n) is 1.35. The first-order valence-corrected chi connectivity index (χ1v) is 5.71. The average molecular weight is 231 g/mol. The Labute approximate surface area is 102 Å². The van der Waals surface area contributed by atoms with Gasteiger partial charge in [-0.05, 0) is 37.6 Å². The summed E-state index contributed by atoms with van der Waals surface area (Å²) in [6.07, 6.45) is 3.49. The van der Waals surface area contributed by atoms with Crippen LogP contribution in [0.15, 0.2) is 30.3 Å². The summed E-state index contributed by atoms with van der Waals surface area (Å²) in [7, 11) is 0. The summed E-state index contributed by atoms with van der Waals surface area (Å²) in [6, 6.07) is 9.45. The van der Waals surface area contributed by atoms with Crippen LogP contribution in [0.5, 0.6) is 0 Å². The molecule has 3 nitrogen and oxygen atoms in total. The molecule has 0 N–H and O–H groups in total. The molecule has 0 radical (unpaired) electrons. The van der Waals surface area contributed by atoms with E-state index in [9.17, 15) is 0 Å². The Bertz CT molecular complexity index is 384. The maximum atomic E-state index is 8.68. The van der Waals surface area contributed by atoms with Crippen LogP contribution in [-0.4, -0.2) is 19.5 Å². The lowest BCUT2D eigenvalue weighted by molar-refractivity contribution is -0.103. The Morgan fingerprint density at radius 2 is 1.76 bits per heavy atom. The molecule has 90 valence electrons. The highest BCUT2D eigenvalue weighted by atomic mass is 16.7. The smallest absolute Gasteiger partial charge is 0.177 e. The monoisotopic (exact) mass is 231 g/mol. The third-order valence-corrected chi connectivity index (χ3v) is 2.15. The lowest BCUT2D eigenvalue weighted by atomic mass is 10.1. The minimum Gasteiger partial charge on any atom is -0.349 e. The lowest BCUT2D eigenvalue weighted by Crippen LogP contribution is -2.13. The molecule has 0 amide bonds. The highest BCUT2D eigenvalue weighted by molar-refractivity contribution is 5.51. The van der Waals surface area contributed by atoms with Crippen molar-refractivity contribution in [3.05, 3.63) is 41.5 Å². The second-order valence-corrected chi connectivity index (χ2v) is 3.37. The number of nitrogens with zero attached hydrogens (tertiary/aromatic N) is 1. The van der Waals surface area contributed by atoms with Crippen LogP contribution in [0.25, 0.3) is 6.08 Å². The Morgan fingerprint density at radius 1 is 1.18 bits per heavy atom. The van der Waals surface area contributed by atoms with Crippen molar-refractivity contribution in [2.75, 3.05) is 13.2 Å². The molecule has 3 heteroatoms. The van der Waals surface area contributed by atoms with Crippen molar-refractivity contribution in [2.24, 2.45) is 0 Å². The minimum absolute atomic E-state index is 0.305. The number of hydrogen-bond acceptors (Lipinski definition) is 3. The molecule has 0 heterocycles. The first kappa shape index (κ1) is 13.4. The van der Waals surface area contributed by atoms with Gasteiger partial charge in [0.05, 0.1) is 11.6 Å². The summed E-state index contributed by atoms with van der Waals surface area (Å²) < 4.78 is 10.8. The zero-order valence-corrected chi connectivity index (χ0v) is 10.2. The van der Waals surface area contributed by atoms with Crippen LogP contribution in [0.1, 0.15) is 25.0 Å². The van der Waals surface area contributed by atoms with Gasteiger partial charge >= 0.3 is 0 Å². The van der Waals surface area contributed by atoms with Crippen LogP contribution >= 0.6 is 0 Å². The molecule has 0 aliphatic carbocycles. The maximum Gasteiger partial charge on any atom is 0.177 e. The van der Waals surface area contributed by atoms with E-state index < -0.39 is 0 Å². The lowest BCUT2D eigenvalue weighted by Gasteiger charge is -2.12. The minimum atomic E-state index is -0.305. The van der Waals surface area contributed by atoms with E-state index in [0.29, 0.717) is 18.8 Å². The Kier molecular flexibility index (Phi) is 6.02. The van der Waals surface area contributed by atoms with Crippen LogP contribution in [0, 0.1) is 11.3 Å². The van der Waals surface area contributed by atoms with Crippen LogP contribution in [0.4, 0.5) is 0 Å². The highest BCUT2D eigenvalue weighted by Gasteiger charge is 2.01. The molecular weight excluding hydrogens is 214 g/mol. The molecule has 0 bridgehead atoms. The molecule has 1 rings (SSSR count). The van der Waals surface area contributed by atoms with Crippen molar-refractivity contribution < 1.29 is 9.47 Å². The molecule has 1 aromatic rings. The molecule has 0 atom stereocenters. The zero-order valence-electron chi connectivity index (χ0n) is 10.2. The van der Waals surface area contributed by atoms with Gasteiger partial charge < -0.3 is 9.47 Å². The normalized spacial score (nSPS) is 10.9. The van der Waals surface area contributed by atoms with E-state index in [4.69, 9.17) is 14.7 Å². The first-order chi connectivity index (χ1) is 8.30. The summed E-state index contributed by atoms with van der Waals surface area (Å²) in [5, 5.41) is 8.68. The largest absolute Gasteiger partial charge is 0.349 e. The molecule has 0 saturated carbocycles. The van der Waals surface area contributed by atoms with Crippen molar-refractivity contribution in [1.82, 2.24) is 0 Å². The van der Waals surface area contributed by atoms with Gasteiger partial charge in [-0.1, -0.05) is 18.2 Å². The van der Waals surface area contributed by atoms with Gasteiger partial charge in [0.2, 0.25) is 0 Å². The van der Waals surface area contributed by atoms with Crippen LogP contribution in [-0.2, 0) is 9.47 Å². The number of nitriles is 1. The molecular formula is C14H17NO2. The molecule has 0 aliphatic heterocycles. The van der Waals surface area contributed by atoms with Crippen LogP contribution in [0.3, 0.4) is 0 Å². The van der Waals surface area contributed by atoms with E-state index in [-0.39, 0.29) is 6.29 Å². The predicted molar refractivity (Wildman–Crippen MR) is 67.2 cm³/mol. The molecule has 17 heavy (non-hydrogen) atoms. The van der Waals surface area contributed by atoms with Crippen LogP contribution < -0.4 is 0 Å². The number of rotatable bonds is 6. The van der Waals surface area contributed by atoms with E-state index in [0.717, 1.165) is 5.56 Å². The van der Waals surface area contributed by atoms with Gasteiger partial charge in [-0.2, -0.15) is 5.26 Å². The predicted octanol–water partition coefficient (Wildman–Crippen LogP) is 2.97. The molecule has 0 unspecified atom stereocenters. The second-order valence-electron chi connectivity index (χ2n) is 3.37. The SMILES string of the molecule is CCOC(C=Cc1ccc(C#N)cc1)OCC. The van der Waals surface area contributed by atoms with E-state index in [1.165, 1.54) is 0 Å². The summed E-state index contributed by atoms with van der Waals surface area (Å²) in [5.41, 5.74) is 1.68. The van der Waals surface area contributed by atoms with E-state index in [2.05, 4.69) is 6.07 Å². The van der Waals surface area contributed by atoms with E-state index >= 15 is 0 Å². The number of ether oxygens (including phenoxy) is 2. The Hall–Kier alpha value is -1.63. The third-order valence-electron chi connectivity index (χ3n) is 2.15. The molecule has 0 fully saturated rings. The van der Waals surface area contributed by atoms with Crippen molar-refractivity contribution >= 4 is 6.08 Å². The van der Waals surface area contributed by atoms with Gasteiger partial charge in [0.1, 0.15) is 0 Å². The van der Waals surface area contributed by atoms with Crippen molar-refractivity contribution in [3.8, 4) is 6.07 Å². The Morgan fingerprint density at radius 3 is 2.24 bits per heavy atom. The molecule has 1 aromatic carbocycles. The highest BCUT2D eigenvalue weighted by Crippen LogP contribution is 2.07. The average Bonchev–Trinajstić information content (AvgIpc) is 2.37. The number of hydrogen-bond donors (Lipinski definition) is 0.